The van der Waals surface area contributed by atoms with Gasteiger partial charge in [-0.1, -0.05) is 49.9 Å². The van der Waals surface area contributed by atoms with Crippen LogP contribution < -0.4 is 9.64 Å². The number of carbonyl (C=O) groups is 2. The number of aryl methyl sites for hydroxylation is 1. The summed E-state index contributed by atoms with van der Waals surface area (Å²) in [5.41, 5.74) is 4.78. The Morgan fingerprint density at radius 2 is 1.74 bits per heavy atom. The standard InChI is InChI=1S/C30H37NO4/c1-35-26-17-14-22(15-18-26)9-4-3-7-20-31(29(32)23-10-5-2-6-11-23)28-13-8-12-24-21-25(30(33)34)16-19-27(24)28/h8,12-15,17-18,21,23H,2-7,9-11,16,19-20H2,1H3,(H,33,34). The molecule has 1 saturated carbocycles. The second kappa shape index (κ2) is 12.1. The van der Waals surface area contributed by atoms with Gasteiger partial charge >= 0.3 is 5.97 Å². The number of anilines is 1. The molecule has 2 aromatic carbocycles. The fraction of sp³-hybridized carbons (Fsp3) is 0.467. The number of fused-ring (bicyclic) bond motifs is 1. The number of methoxy groups -OCH3 is 1. The number of carboxylic acids is 1. The highest BCUT2D eigenvalue weighted by Gasteiger charge is 2.29. The lowest BCUT2D eigenvalue weighted by molar-refractivity contribution is -0.132. The van der Waals surface area contributed by atoms with Crippen molar-refractivity contribution in [2.24, 2.45) is 5.92 Å². The van der Waals surface area contributed by atoms with Crippen molar-refractivity contribution in [1.29, 1.82) is 0 Å². The number of nitrogens with zero attached hydrogens (tertiary/aromatic N) is 1. The van der Waals surface area contributed by atoms with Crippen molar-refractivity contribution < 1.29 is 19.4 Å². The zero-order valence-electron chi connectivity index (χ0n) is 20.8. The van der Waals surface area contributed by atoms with E-state index < -0.39 is 5.97 Å². The molecule has 0 spiro atoms. The highest BCUT2D eigenvalue weighted by atomic mass is 16.5. The molecule has 0 bridgehead atoms. The Balaban J connectivity index is 1.45. The summed E-state index contributed by atoms with van der Waals surface area (Å²) in [6.07, 6.45) is 12.5. The van der Waals surface area contributed by atoms with E-state index in [0.29, 0.717) is 25.0 Å². The molecule has 35 heavy (non-hydrogen) atoms. The van der Waals surface area contributed by atoms with Gasteiger partial charge in [0.15, 0.2) is 0 Å². The van der Waals surface area contributed by atoms with Gasteiger partial charge in [0.2, 0.25) is 5.91 Å². The monoisotopic (exact) mass is 475 g/mol. The normalized spacial score (nSPS) is 15.7. The van der Waals surface area contributed by atoms with Crippen LogP contribution in [0.3, 0.4) is 0 Å². The van der Waals surface area contributed by atoms with Crippen molar-refractivity contribution in [3.63, 3.8) is 0 Å². The summed E-state index contributed by atoms with van der Waals surface area (Å²) < 4.78 is 5.24. The molecule has 0 aromatic heterocycles. The first-order valence-corrected chi connectivity index (χ1v) is 13.1. The van der Waals surface area contributed by atoms with Crippen LogP contribution in [0.1, 0.15) is 74.5 Å². The maximum Gasteiger partial charge on any atom is 0.331 e. The Morgan fingerprint density at radius 1 is 0.971 bits per heavy atom. The zero-order valence-corrected chi connectivity index (χ0v) is 20.8. The minimum Gasteiger partial charge on any atom is -0.497 e. The van der Waals surface area contributed by atoms with Gasteiger partial charge in [-0.25, -0.2) is 4.79 Å². The molecule has 0 aliphatic heterocycles. The Labute approximate surface area is 208 Å². The maximum absolute atomic E-state index is 13.7. The third kappa shape index (κ3) is 6.33. The topological polar surface area (TPSA) is 66.8 Å². The Morgan fingerprint density at radius 3 is 2.46 bits per heavy atom. The lowest BCUT2D eigenvalue weighted by Gasteiger charge is -2.32. The lowest BCUT2D eigenvalue weighted by Crippen LogP contribution is -2.38. The lowest BCUT2D eigenvalue weighted by atomic mass is 9.87. The molecule has 186 valence electrons. The van der Waals surface area contributed by atoms with Crippen LogP contribution in [0, 0.1) is 5.92 Å². The molecule has 1 N–H and O–H groups in total. The molecule has 0 heterocycles. The number of hydrogen-bond acceptors (Lipinski definition) is 3. The van der Waals surface area contributed by atoms with E-state index in [4.69, 9.17) is 4.74 Å². The number of unbranched alkanes of at least 4 members (excludes halogenated alkanes) is 2. The van der Waals surface area contributed by atoms with Crippen LogP contribution >= 0.6 is 0 Å². The minimum absolute atomic E-state index is 0.104. The fourth-order valence-corrected chi connectivity index (χ4v) is 5.43. The predicted molar refractivity (Wildman–Crippen MR) is 140 cm³/mol. The van der Waals surface area contributed by atoms with Crippen LogP contribution in [0.5, 0.6) is 5.75 Å². The van der Waals surface area contributed by atoms with E-state index in [2.05, 4.69) is 18.2 Å². The summed E-state index contributed by atoms with van der Waals surface area (Å²) in [7, 11) is 1.68. The predicted octanol–water partition coefficient (Wildman–Crippen LogP) is 6.44. The van der Waals surface area contributed by atoms with Crippen molar-refractivity contribution in [2.75, 3.05) is 18.6 Å². The van der Waals surface area contributed by atoms with E-state index in [1.807, 2.05) is 29.2 Å². The largest absolute Gasteiger partial charge is 0.497 e. The molecule has 2 aromatic rings. The molecule has 4 rings (SSSR count). The molecule has 2 aliphatic carbocycles. The van der Waals surface area contributed by atoms with Gasteiger partial charge < -0.3 is 14.7 Å². The third-order valence-corrected chi connectivity index (χ3v) is 7.45. The average molecular weight is 476 g/mol. The number of aliphatic carboxylic acids is 1. The molecular formula is C30H37NO4. The van der Waals surface area contributed by atoms with E-state index in [1.54, 1.807) is 13.2 Å². The number of carbonyl (C=O) groups excluding carboxylic acids is 1. The Hall–Kier alpha value is -3.08. The quantitative estimate of drug-likeness (QED) is 0.402. The molecular weight excluding hydrogens is 438 g/mol. The Kier molecular flexibility index (Phi) is 8.62. The summed E-state index contributed by atoms with van der Waals surface area (Å²) in [6.45, 7) is 0.712. The highest BCUT2D eigenvalue weighted by Crippen LogP contribution is 2.35. The van der Waals surface area contributed by atoms with Crippen molar-refractivity contribution in [1.82, 2.24) is 0 Å². The summed E-state index contributed by atoms with van der Waals surface area (Å²) in [5, 5.41) is 9.44. The molecule has 2 aliphatic rings. The van der Waals surface area contributed by atoms with Gasteiger partial charge in [0.1, 0.15) is 5.75 Å². The number of rotatable bonds is 10. The third-order valence-electron chi connectivity index (χ3n) is 7.45. The van der Waals surface area contributed by atoms with Crippen LogP contribution in [0.15, 0.2) is 48.0 Å². The number of amides is 1. The molecule has 0 saturated heterocycles. The van der Waals surface area contributed by atoms with Gasteiger partial charge in [0.05, 0.1) is 7.11 Å². The number of hydrogen-bond donors (Lipinski definition) is 1. The first-order valence-electron chi connectivity index (χ1n) is 13.1. The van der Waals surface area contributed by atoms with Gasteiger partial charge in [0, 0.05) is 23.7 Å². The summed E-state index contributed by atoms with van der Waals surface area (Å²) in [6, 6.07) is 14.2. The second-order valence-corrected chi connectivity index (χ2v) is 9.80. The maximum atomic E-state index is 13.7. The van der Waals surface area contributed by atoms with Crippen LogP contribution in [0.25, 0.3) is 6.08 Å². The summed E-state index contributed by atoms with van der Waals surface area (Å²) in [5.74, 6) is 0.379. The molecule has 0 radical (unpaired) electrons. The SMILES string of the molecule is COc1ccc(CCCCCN(C(=O)C2CCCCC2)c2cccc3c2CCC(C(=O)O)=C3)cc1. The van der Waals surface area contributed by atoms with Gasteiger partial charge in [-0.2, -0.15) is 0 Å². The van der Waals surface area contributed by atoms with E-state index in [1.165, 1.54) is 12.0 Å². The number of carboxylic acid groups (broad SMARTS) is 1. The second-order valence-electron chi connectivity index (χ2n) is 9.80. The molecule has 5 nitrogen and oxygen atoms in total. The van der Waals surface area contributed by atoms with Gasteiger partial charge in [-0.05, 0) is 85.9 Å². The summed E-state index contributed by atoms with van der Waals surface area (Å²) in [4.78, 5) is 27.2. The van der Waals surface area contributed by atoms with Gasteiger partial charge in [0.25, 0.3) is 0 Å². The van der Waals surface area contributed by atoms with Gasteiger partial charge in [-0.15, -0.1) is 0 Å². The van der Waals surface area contributed by atoms with Crippen molar-refractivity contribution in [3.8, 4) is 5.75 Å². The van der Waals surface area contributed by atoms with Crippen molar-refractivity contribution >= 4 is 23.6 Å². The van der Waals surface area contributed by atoms with Crippen LogP contribution in [0.2, 0.25) is 0 Å². The average Bonchev–Trinajstić information content (AvgIpc) is 2.90. The van der Waals surface area contributed by atoms with Gasteiger partial charge in [-0.3, -0.25) is 4.79 Å². The first-order chi connectivity index (χ1) is 17.1. The number of benzene rings is 2. The summed E-state index contributed by atoms with van der Waals surface area (Å²) >= 11 is 0. The Bertz CT molecular complexity index is 1050. The molecule has 0 unspecified atom stereocenters. The fourth-order valence-electron chi connectivity index (χ4n) is 5.43. The van der Waals surface area contributed by atoms with E-state index >= 15 is 0 Å². The van der Waals surface area contributed by atoms with E-state index in [0.717, 1.165) is 73.9 Å². The smallest absolute Gasteiger partial charge is 0.331 e. The minimum atomic E-state index is -0.854. The first kappa shape index (κ1) is 25.0. The zero-order chi connectivity index (χ0) is 24.6. The van der Waals surface area contributed by atoms with Crippen LogP contribution in [0.4, 0.5) is 5.69 Å². The van der Waals surface area contributed by atoms with Crippen LogP contribution in [-0.4, -0.2) is 30.6 Å². The van der Waals surface area contributed by atoms with E-state index in [9.17, 15) is 14.7 Å². The van der Waals surface area contributed by atoms with Crippen molar-refractivity contribution in [3.05, 3.63) is 64.7 Å². The molecule has 0 atom stereocenters. The number of ether oxygens (including phenoxy) is 1. The highest BCUT2D eigenvalue weighted by molar-refractivity contribution is 5.98. The molecule has 5 heteroatoms. The van der Waals surface area contributed by atoms with E-state index in [-0.39, 0.29) is 11.8 Å². The molecule has 1 fully saturated rings. The van der Waals surface area contributed by atoms with Crippen molar-refractivity contribution in [2.45, 2.75) is 70.6 Å². The van der Waals surface area contributed by atoms with Crippen LogP contribution in [-0.2, 0) is 22.4 Å². The molecule has 1 amide bonds.